The fraction of sp³-hybridized carbons (Fsp3) is 0.500. The molecule has 2 atom stereocenters. The first kappa shape index (κ1) is 15.2. The molecule has 0 bridgehead atoms. The number of carboxylic acid groups (broad SMARTS) is 1. The van der Waals surface area contributed by atoms with Gasteiger partial charge in [0.05, 0.1) is 10.5 Å². The monoisotopic (exact) mass is 293 g/mol. The third kappa shape index (κ3) is 2.97. The van der Waals surface area contributed by atoms with Crippen molar-refractivity contribution in [3.05, 3.63) is 33.9 Å². The van der Waals surface area contributed by atoms with E-state index in [9.17, 15) is 14.9 Å². The zero-order valence-corrected chi connectivity index (χ0v) is 12.3. The van der Waals surface area contributed by atoms with Crippen LogP contribution in [0.25, 0.3) is 0 Å². The molecule has 2 unspecified atom stereocenters. The summed E-state index contributed by atoms with van der Waals surface area (Å²) in [6.45, 7) is 5.49. The molecule has 1 saturated heterocycles. The van der Waals surface area contributed by atoms with Crippen LogP contribution in [0.4, 0.5) is 11.4 Å². The van der Waals surface area contributed by atoms with Gasteiger partial charge in [-0.2, -0.15) is 0 Å². The van der Waals surface area contributed by atoms with Crippen LogP contribution < -0.4 is 4.90 Å². The van der Waals surface area contributed by atoms with Gasteiger partial charge in [0.25, 0.3) is 5.69 Å². The third-order valence-electron chi connectivity index (χ3n) is 4.12. The van der Waals surface area contributed by atoms with Crippen LogP contribution in [0.1, 0.15) is 24.2 Å². The number of hydrogen-bond acceptors (Lipinski definition) is 5. The first-order chi connectivity index (χ1) is 9.81. The molecule has 1 heterocycles. The second-order valence-electron chi connectivity index (χ2n) is 5.53. The molecule has 7 nitrogen and oxygen atoms in total. The lowest BCUT2D eigenvalue weighted by molar-refractivity contribution is -0.384. The van der Waals surface area contributed by atoms with Crippen molar-refractivity contribution in [3.63, 3.8) is 0 Å². The largest absolute Gasteiger partial charge is 0.478 e. The smallest absolute Gasteiger partial charge is 0.335 e. The van der Waals surface area contributed by atoms with Crippen molar-refractivity contribution >= 4 is 17.3 Å². The Labute approximate surface area is 122 Å². The molecule has 1 aliphatic rings. The van der Waals surface area contributed by atoms with Crippen LogP contribution in [0, 0.1) is 10.1 Å². The number of carboxylic acids is 1. The quantitative estimate of drug-likeness (QED) is 0.675. The summed E-state index contributed by atoms with van der Waals surface area (Å²) in [5.74, 6) is -1.16. The molecule has 21 heavy (non-hydrogen) atoms. The van der Waals surface area contributed by atoms with E-state index in [1.165, 1.54) is 12.1 Å². The molecule has 0 spiro atoms. The van der Waals surface area contributed by atoms with Crippen LogP contribution in [-0.2, 0) is 0 Å². The predicted octanol–water partition coefficient (Wildman–Crippen LogP) is 1.82. The Morgan fingerprint density at radius 2 is 1.90 bits per heavy atom. The van der Waals surface area contributed by atoms with Crippen molar-refractivity contribution in [2.75, 3.05) is 25.0 Å². The van der Waals surface area contributed by atoms with Crippen molar-refractivity contribution in [1.82, 2.24) is 4.90 Å². The van der Waals surface area contributed by atoms with E-state index in [-0.39, 0.29) is 23.3 Å². The van der Waals surface area contributed by atoms with Gasteiger partial charge in [-0.05, 0) is 33.0 Å². The lowest BCUT2D eigenvalue weighted by Crippen LogP contribution is -2.55. The highest BCUT2D eigenvalue weighted by molar-refractivity contribution is 5.89. The summed E-state index contributed by atoms with van der Waals surface area (Å²) in [6, 6.07) is 4.62. The summed E-state index contributed by atoms with van der Waals surface area (Å²) in [6.07, 6.45) is 0. The molecule has 0 radical (unpaired) electrons. The molecule has 1 aliphatic heterocycles. The van der Waals surface area contributed by atoms with Gasteiger partial charge < -0.3 is 10.0 Å². The molecule has 0 saturated carbocycles. The van der Waals surface area contributed by atoms with Gasteiger partial charge >= 0.3 is 5.97 Å². The number of nitro benzene ring substituents is 1. The van der Waals surface area contributed by atoms with E-state index >= 15 is 0 Å². The topological polar surface area (TPSA) is 86.9 Å². The molecule has 0 aliphatic carbocycles. The van der Waals surface area contributed by atoms with Crippen molar-refractivity contribution in [2.45, 2.75) is 25.9 Å². The lowest BCUT2D eigenvalue weighted by Gasteiger charge is -2.43. The summed E-state index contributed by atoms with van der Waals surface area (Å²) >= 11 is 0. The van der Waals surface area contributed by atoms with Gasteiger partial charge in [-0.15, -0.1) is 0 Å². The molecule has 1 aromatic rings. The minimum atomic E-state index is -1.16. The van der Waals surface area contributed by atoms with E-state index in [1.807, 2.05) is 11.9 Å². The Morgan fingerprint density at radius 1 is 1.33 bits per heavy atom. The predicted molar refractivity (Wildman–Crippen MR) is 79.0 cm³/mol. The number of nitro groups is 1. The number of aromatic carboxylic acids is 1. The Bertz CT molecular complexity index is 563. The molecule has 1 aromatic carbocycles. The molecule has 0 amide bonds. The van der Waals surface area contributed by atoms with Gasteiger partial charge in [0, 0.05) is 31.2 Å². The summed E-state index contributed by atoms with van der Waals surface area (Å²) in [4.78, 5) is 25.9. The van der Waals surface area contributed by atoms with E-state index in [4.69, 9.17) is 5.11 Å². The number of benzene rings is 1. The van der Waals surface area contributed by atoms with Crippen LogP contribution in [0.2, 0.25) is 0 Å². The molecule has 1 fully saturated rings. The number of piperazine rings is 1. The fourth-order valence-corrected chi connectivity index (χ4v) is 2.67. The summed E-state index contributed by atoms with van der Waals surface area (Å²) in [5, 5.41) is 20.2. The van der Waals surface area contributed by atoms with Gasteiger partial charge in [0.15, 0.2) is 0 Å². The Balaban J connectivity index is 2.39. The molecule has 0 aromatic heterocycles. The van der Waals surface area contributed by atoms with Crippen LogP contribution in [-0.4, -0.2) is 53.1 Å². The fourth-order valence-electron chi connectivity index (χ4n) is 2.67. The maximum absolute atomic E-state index is 11.2. The highest BCUT2D eigenvalue weighted by atomic mass is 16.6. The minimum Gasteiger partial charge on any atom is -0.478 e. The van der Waals surface area contributed by atoms with Gasteiger partial charge in [0.1, 0.15) is 5.69 Å². The molecular weight excluding hydrogens is 274 g/mol. The maximum Gasteiger partial charge on any atom is 0.335 e. The SMILES string of the molecule is CC1CN(c2ccc(C(=O)O)cc2[N+](=O)[O-])CC(C)N1C. The van der Waals surface area contributed by atoms with Gasteiger partial charge in [-0.25, -0.2) is 4.79 Å². The summed E-state index contributed by atoms with van der Waals surface area (Å²) < 4.78 is 0. The standard InChI is InChI=1S/C14H19N3O4/c1-9-7-16(8-10(2)15(9)3)12-5-4-11(14(18)19)6-13(12)17(20)21/h4-6,9-10H,7-8H2,1-3H3,(H,18,19). The van der Waals surface area contributed by atoms with Crippen LogP contribution in [0.5, 0.6) is 0 Å². The number of rotatable bonds is 3. The number of carbonyl (C=O) groups is 1. The molecular formula is C14H19N3O4. The average Bonchev–Trinajstić information content (AvgIpc) is 2.43. The van der Waals surface area contributed by atoms with Gasteiger partial charge in [-0.3, -0.25) is 15.0 Å². The lowest BCUT2D eigenvalue weighted by atomic mass is 10.1. The van der Waals surface area contributed by atoms with Crippen LogP contribution in [0.15, 0.2) is 18.2 Å². The highest BCUT2D eigenvalue weighted by Gasteiger charge is 2.30. The van der Waals surface area contributed by atoms with Crippen LogP contribution in [0.3, 0.4) is 0 Å². The van der Waals surface area contributed by atoms with E-state index in [0.717, 1.165) is 6.07 Å². The van der Waals surface area contributed by atoms with Crippen molar-refractivity contribution in [2.24, 2.45) is 0 Å². The number of hydrogen-bond donors (Lipinski definition) is 1. The van der Waals surface area contributed by atoms with E-state index in [0.29, 0.717) is 18.8 Å². The van der Waals surface area contributed by atoms with Crippen molar-refractivity contribution in [1.29, 1.82) is 0 Å². The van der Waals surface area contributed by atoms with E-state index in [1.54, 1.807) is 0 Å². The molecule has 2 rings (SSSR count). The molecule has 7 heteroatoms. The first-order valence-corrected chi connectivity index (χ1v) is 6.80. The maximum atomic E-state index is 11.2. The number of anilines is 1. The van der Waals surface area contributed by atoms with E-state index < -0.39 is 10.9 Å². The van der Waals surface area contributed by atoms with Crippen molar-refractivity contribution < 1.29 is 14.8 Å². The van der Waals surface area contributed by atoms with E-state index in [2.05, 4.69) is 18.7 Å². The Hall–Kier alpha value is -2.15. The zero-order valence-electron chi connectivity index (χ0n) is 12.3. The number of likely N-dealkylation sites (N-methyl/N-ethyl adjacent to an activating group) is 1. The molecule has 1 N–H and O–H groups in total. The second-order valence-corrected chi connectivity index (χ2v) is 5.53. The third-order valence-corrected chi connectivity index (χ3v) is 4.12. The highest BCUT2D eigenvalue weighted by Crippen LogP contribution is 2.31. The minimum absolute atomic E-state index is 0.0688. The second kappa shape index (κ2) is 5.69. The van der Waals surface area contributed by atoms with Crippen molar-refractivity contribution in [3.8, 4) is 0 Å². The molecule has 114 valence electrons. The van der Waals surface area contributed by atoms with Gasteiger partial charge in [0.2, 0.25) is 0 Å². The normalized spacial score (nSPS) is 23.1. The van der Waals surface area contributed by atoms with Crippen LogP contribution >= 0.6 is 0 Å². The Morgan fingerprint density at radius 3 is 2.38 bits per heavy atom. The van der Waals surface area contributed by atoms with Gasteiger partial charge in [-0.1, -0.05) is 0 Å². The number of nitrogens with zero attached hydrogens (tertiary/aromatic N) is 3. The zero-order chi connectivity index (χ0) is 15.7. The summed E-state index contributed by atoms with van der Waals surface area (Å²) in [5.41, 5.74) is 0.260. The Kier molecular flexibility index (Phi) is 4.13. The summed E-state index contributed by atoms with van der Waals surface area (Å²) in [7, 11) is 2.04. The first-order valence-electron chi connectivity index (χ1n) is 6.80. The average molecular weight is 293 g/mol.